The first-order valence-corrected chi connectivity index (χ1v) is 9.58. The molecule has 3 rings (SSSR count). The summed E-state index contributed by atoms with van der Waals surface area (Å²) in [5, 5.41) is 6.44. The van der Waals surface area contributed by atoms with Crippen LogP contribution in [0.25, 0.3) is 0 Å². The van der Waals surface area contributed by atoms with Crippen LogP contribution in [-0.4, -0.2) is 18.4 Å². The summed E-state index contributed by atoms with van der Waals surface area (Å²) in [5.41, 5.74) is 4.93. The largest absolute Gasteiger partial charge is 0.351 e. The van der Waals surface area contributed by atoms with Gasteiger partial charge in [0.25, 0.3) is 5.91 Å². The van der Waals surface area contributed by atoms with Crippen LogP contribution in [-0.2, 0) is 11.3 Å². The first kappa shape index (κ1) is 18.7. The zero-order chi connectivity index (χ0) is 18.9. The molecule has 6 heteroatoms. The molecule has 27 heavy (non-hydrogen) atoms. The number of benzene rings is 2. The summed E-state index contributed by atoms with van der Waals surface area (Å²) < 4.78 is 0. The molecule has 2 N–H and O–H groups in total. The Morgan fingerprint density at radius 1 is 0.889 bits per heavy atom. The number of thiophene rings is 1. The van der Waals surface area contributed by atoms with Crippen molar-refractivity contribution >= 4 is 28.8 Å². The molecule has 0 saturated heterocycles. The fourth-order valence-corrected chi connectivity index (χ4v) is 3.20. The molecular weight excluding hydrogens is 358 g/mol. The third-order valence-electron chi connectivity index (χ3n) is 3.89. The van der Waals surface area contributed by atoms with Crippen molar-refractivity contribution in [2.75, 3.05) is 11.6 Å². The summed E-state index contributed by atoms with van der Waals surface area (Å²) in [6.45, 7) is 0.842. The second-order valence-electron chi connectivity index (χ2n) is 5.93. The van der Waals surface area contributed by atoms with Crippen molar-refractivity contribution in [1.82, 2.24) is 10.7 Å². The third kappa shape index (κ3) is 5.69. The number of hydrazine groups is 1. The predicted octanol–water partition coefficient (Wildman–Crippen LogP) is 3.61. The van der Waals surface area contributed by atoms with Crippen molar-refractivity contribution in [1.29, 1.82) is 0 Å². The van der Waals surface area contributed by atoms with Crippen molar-refractivity contribution in [3.8, 4) is 0 Å². The molecule has 0 atom stereocenters. The lowest BCUT2D eigenvalue weighted by atomic mass is 10.2. The van der Waals surface area contributed by atoms with Gasteiger partial charge >= 0.3 is 0 Å². The van der Waals surface area contributed by atoms with Gasteiger partial charge in [-0.25, -0.2) is 0 Å². The molecule has 5 nitrogen and oxygen atoms in total. The number of carbonyl (C=O) groups is 2. The Bertz CT molecular complexity index is 852. The van der Waals surface area contributed by atoms with Crippen molar-refractivity contribution in [2.45, 2.75) is 13.0 Å². The van der Waals surface area contributed by atoms with E-state index in [1.165, 1.54) is 11.3 Å². The lowest BCUT2D eigenvalue weighted by Gasteiger charge is -2.25. The lowest BCUT2D eigenvalue weighted by molar-refractivity contribution is -0.121. The molecule has 2 aromatic carbocycles. The van der Waals surface area contributed by atoms with Crippen molar-refractivity contribution in [3.63, 3.8) is 0 Å². The molecule has 0 aliphatic carbocycles. The standard InChI is InChI=1S/C21H21N3O2S/c25-20(13-14-22-21(26)19-12-7-15-27-19)23-24(18-10-5-2-6-11-18)16-17-8-3-1-4-9-17/h1-12,15H,13-14,16H2,(H,22,26)(H,23,25). The highest BCUT2D eigenvalue weighted by molar-refractivity contribution is 7.12. The fourth-order valence-electron chi connectivity index (χ4n) is 2.56. The molecule has 3 aromatic rings. The maximum Gasteiger partial charge on any atom is 0.261 e. The smallest absolute Gasteiger partial charge is 0.261 e. The molecule has 0 fully saturated rings. The van der Waals surface area contributed by atoms with Crippen LogP contribution in [0.2, 0.25) is 0 Å². The van der Waals surface area contributed by atoms with Crippen LogP contribution in [0.1, 0.15) is 21.7 Å². The zero-order valence-electron chi connectivity index (χ0n) is 14.8. The minimum atomic E-state index is -0.152. The van der Waals surface area contributed by atoms with E-state index in [4.69, 9.17) is 0 Å². The zero-order valence-corrected chi connectivity index (χ0v) is 15.6. The second kappa shape index (κ2) is 9.54. The summed E-state index contributed by atoms with van der Waals surface area (Å²) in [4.78, 5) is 25.0. The Labute approximate surface area is 162 Å². The van der Waals surface area contributed by atoms with E-state index in [-0.39, 0.29) is 24.8 Å². The van der Waals surface area contributed by atoms with Gasteiger partial charge in [-0.2, -0.15) is 0 Å². The van der Waals surface area contributed by atoms with Crippen LogP contribution >= 0.6 is 11.3 Å². The van der Waals surface area contributed by atoms with E-state index in [1.54, 1.807) is 6.07 Å². The Balaban J connectivity index is 1.56. The van der Waals surface area contributed by atoms with Gasteiger partial charge in [-0.3, -0.25) is 20.0 Å². The van der Waals surface area contributed by atoms with Gasteiger partial charge < -0.3 is 5.32 Å². The lowest BCUT2D eigenvalue weighted by Crippen LogP contribution is -2.43. The Kier molecular flexibility index (Phi) is 6.60. The monoisotopic (exact) mass is 379 g/mol. The van der Waals surface area contributed by atoms with E-state index >= 15 is 0 Å². The summed E-state index contributed by atoms with van der Waals surface area (Å²) >= 11 is 1.38. The molecule has 2 amide bonds. The minimum absolute atomic E-state index is 0.151. The first-order valence-electron chi connectivity index (χ1n) is 8.70. The molecule has 0 bridgehead atoms. The van der Waals surface area contributed by atoms with Gasteiger partial charge in [0.05, 0.1) is 17.1 Å². The molecule has 1 aromatic heterocycles. The van der Waals surface area contributed by atoms with Gasteiger partial charge in [-0.1, -0.05) is 54.6 Å². The number of anilines is 1. The number of amides is 2. The van der Waals surface area contributed by atoms with Gasteiger partial charge in [0, 0.05) is 13.0 Å². The molecular formula is C21H21N3O2S. The number of rotatable bonds is 8. The van der Waals surface area contributed by atoms with Crippen LogP contribution in [0.15, 0.2) is 78.2 Å². The highest BCUT2D eigenvalue weighted by Crippen LogP contribution is 2.14. The summed E-state index contributed by atoms with van der Waals surface area (Å²) in [5.74, 6) is -0.303. The van der Waals surface area contributed by atoms with Crippen LogP contribution in [0.3, 0.4) is 0 Å². The molecule has 0 saturated carbocycles. The maximum absolute atomic E-state index is 12.4. The normalized spacial score (nSPS) is 10.2. The summed E-state index contributed by atoms with van der Waals surface area (Å²) in [6, 6.07) is 23.2. The van der Waals surface area contributed by atoms with E-state index in [0.717, 1.165) is 11.3 Å². The number of para-hydroxylation sites is 1. The molecule has 0 aliphatic heterocycles. The van der Waals surface area contributed by atoms with Gasteiger partial charge in [0.15, 0.2) is 0 Å². The van der Waals surface area contributed by atoms with E-state index in [9.17, 15) is 9.59 Å². The Morgan fingerprint density at radius 3 is 2.26 bits per heavy atom. The second-order valence-corrected chi connectivity index (χ2v) is 6.87. The van der Waals surface area contributed by atoms with E-state index in [2.05, 4.69) is 10.7 Å². The molecule has 0 spiro atoms. The average molecular weight is 379 g/mol. The van der Waals surface area contributed by atoms with Gasteiger partial charge in [0.1, 0.15) is 0 Å². The van der Waals surface area contributed by atoms with Crippen LogP contribution in [0.5, 0.6) is 0 Å². The molecule has 138 valence electrons. The maximum atomic E-state index is 12.4. The van der Waals surface area contributed by atoms with Gasteiger partial charge in [0.2, 0.25) is 5.91 Å². The topological polar surface area (TPSA) is 61.4 Å². The molecule has 1 heterocycles. The van der Waals surface area contributed by atoms with E-state index in [0.29, 0.717) is 11.4 Å². The molecule has 0 radical (unpaired) electrons. The van der Waals surface area contributed by atoms with Crippen molar-refractivity contribution in [2.24, 2.45) is 0 Å². The average Bonchev–Trinajstić information content (AvgIpc) is 3.24. The van der Waals surface area contributed by atoms with E-state index in [1.807, 2.05) is 77.1 Å². The number of nitrogens with zero attached hydrogens (tertiary/aromatic N) is 1. The Hall–Kier alpha value is -3.12. The van der Waals surface area contributed by atoms with Crippen LogP contribution < -0.4 is 15.8 Å². The van der Waals surface area contributed by atoms with Gasteiger partial charge in [-0.15, -0.1) is 11.3 Å². The number of nitrogens with one attached hydrogen (secondary N) is 2. The predicted molar refractivity (Wildman–Crippen MR) is 108 cm³/mol. The third-order valence-corrected chi connectivity index (χ3v) is 4.76. The van der Waals surface area contributed by atoms with E-state index < -0.39 is 0 Å². The van der Waals surface area contributed by atoms with Crippen LogP contribution in [0.4, 0.5) is 5.69 Å². The number of hydrogen-bond donors (Lipinski definition) is 2. The minimum Gasteiger partial charge on any atom is -0.351 e. The highest BCUT2D eigenvalue weighted by Gasteiger charge is 2.12. The molecule has 0 unspecified atom stereocenters. The summed E-state index contributed by atoms with van der Waals surface area (Å²) in [6.07, 6.45) is 0.204. The number of carbonyl (C=O) groups excluding carboxylic acids is 2. The van der Waals surface area contributed by atoms with Crippen molar-refractivity contribution < 1.29 is 9.59 Å². The van der Waals surface area contributed by atoms with Crippen LogP contribution in [0, 0.1) is 0 Å². The summed E-state index contributed by atoms with van der Waals surface area (Å²) in [7, 11) is 0. The SMILES string of the molecule is O=C(CCNC(=O)c1cccs1)NN(Cc1ccccc1)c1ccccc1. The Morgan fingerprint density at radius 2 is 1.59 bits per heavy atom. The van der Waals surface area contributed by atoms with Crippen molar-refractivity contribution in [3.05, 3.63) is 88.6 Å². The first-order chi connectivity index (χ1) is 13.2. The van der Waals surface area contributed by atoms with Gasteiger partial charge in [-0.05, 0) is 29.1 Å². The number of hydrogen-bond acceptors (Lipinski definition) is 4. The quantitative estimate of drug-likeness (QED) is 0.588. The molecule has 0 aliphatic rings. The fraction of sp³-hybridized carbons (Fsp3) is 0.143. The highest BCUT2D eigenvalue weighted by atomic mass is 32.1.